The van der Waals surface area contributed by atoms with Crippen molar-refractivity contribution < 1.29 is 4.74 Å². The molecule has 39 heavy (non-hydrogen) atoms. The molecule has 0 atom stereocenters. The predicted octanol–water partition coefficient (Wildman–Crippen LogP) is 4.96. The van der Waals surface area contributed by atoms with Gasteiger partial charge in [0.2, 0.25) is 4.96 Å². The van der Waals surface area contributed by atoms with Gasteiger partial charge in [-0.1, -0.05) is 43.4 Å². The number of aromatic nitrogens is 6. The Hall–Kier alpha value is -4.63. The number of benzene rings is 2. The average Bonchev–Trinajstić information content (AvgIpc) is 3.64. The zero-order valence-electron chi connectivity index (χ0n) is 21.8. The summed E-state index contributed by atoms with van der Waals surface area (Å²) in [5, 5.41) is 9.36. The Bertz CT molecular complexity index is 1870. The van der Waals surface area contributed by atoms with Gasteiger partial charge in [0.15, 0.2) is 5.82 Å². The minimum atomic E-state index is -0.218. The monoisotopic (exact) mass is 534 g/mol. The Morgan fingerprint density at radius 3 is 2.59 bits per heavy atom. The van der Waals surface area contributed by atoms with Crippen LogP contribution in [0, 0.1) is 12.8 Å². The van der Waals surface area contributed by atoms with Gasteiger partial charge in [-0.3, -0.25) is 9.78 Å². The summed E-state index contributed by atoms with van der Waals surface area (Å²) >= 11 is 1.30. The predicted molar refractivity (Wildman–Crippen MR) is 153 cm³/mol. The normalized spacial score (nSPS) is 12.1. The molecule has 194 valence electrons. The maximum atomic E-state index is 13.3. The van der Waals surface area contributed by atoms with Gasteiger partial charge in [-0.15, -0.1) is 5.10 Å². The van der Waals surface area contributed by atoms with Gasteiger partial charge in [0.25, 0.3) is 5.56 Å². The molecule has 0 saturated heterocycles. The van der Waals surface area contributed by atoms with Crippen molar-refractivity contribution in [3.8, 4) is 34.1 Å². The first-order valence-electron chi connectivity index (χ1n) is 12.7. The van der Waals surface area contributed by atoms with E-state index in [0.717, 1.165) is 39.4 Å². The van der Waals surface area contributed by atoms with Crippen LogP contribution in [0.15, 0.2) is 84.0 Å². The van der Waals surface area contributed by atoms with Crippen LogP contribution in [0.4, 0.5) is 0 Å². The van der Waals surface area contributed by atoms with Crippen LogP contribution in [-0.2, 0) is 0 Å². The number of pyridine rings is 1. The summed E-state index contributed by atoms with van der Waals surface area (Å²) in [5.41, 5.74) is 5.04. The van der Waals surface area contributed by atoms with Gasteiger partial charge >= 0.3 is 0 Å². The van der Waals surface area contributed by atoms with Crippen LogP contribution in [-0.4, -0.2) is 36.0 Å². The van der Waals surface area contributed by atoms with Crippen molar-refractivity contribution >= 4 is 22.4 Å². The van der Waals surface area contributed by atoms with Crippen LogP contribution in [0.1, 0.15) is 25.0 Å². The molecule has 0 spiro atoms. The largest absolute Gasteiger partial charge is 0.493 e. The average molecular weight is 535 g/mol. The second kappa shape index (κ2) is 10.3. The van der Waals surface area contributed by atoms with E-state index in [1.165, 1.54) is 15.9 Å². The molecule has 4 aromatic heterocycles. The number of hydrogen-bond donors (Lipinski definition) is 0. The molecule has 0 N–H and O–H groups in total. The number of aryl methyl sites for hydroxylation is 1. The van der Waals surface area contributed by atoms with E-state index in [1.54, 1.807) is 12.4 Å². The Morgan fingerprint density at radius 2 is 1.87 bits per heavy atom. The van der Waals surface area contributed by atoms with E-state index in [2.05, 4.69) is 35.0 Å². The summed E-state index contributed by atoms with van der Waals surface area (Å²) < 4.78 is 9.70. The maximum Gasteiger partial charge on any atom is 0.291 e. The van der Waals surface area contributed by atoms with E-state index in [4.69, 9.17) is 9.84 Å². The molecular formula is C30H26N6O2S. The molecule has 8 nitrogen and oxygen atoms in total. The Labute approximate surface area is 228 Å². The lowest BCUT2D eigenvalue weighted by atomic mass is 10.0. The quantitative estimate of drug-likeness (QED) is 0.288. The summed E-state index contributed by atoms with van der Waals surface area (Å²) in [5.74, 6) is 1.78. The molecule has 9 heteroatoms. The van der Waals surface area contributed by atoms with Gasteiger partial charge in [-0.2, -0.15) is 14.6 Å². The highest BCUT2D eigenvalue weighted by Gasteiger charge is 2.16. The number of thiazole rings is 1. The molecular weight excluding hydrogens is 508 g/mol. The first-order chi connectivity index (χ1) is 19.0. The van der Waals surface area contributed by atoms with E-state index in [-0.39, 0.29) is 5.56 Å². The lowest BCUT2D eigenvalue weighted by Gasteiger charge is -2.12. The van der Waals surface area contributed by atoms with Crippen molar-refractivity contribution in [3.63, 3.8) is 0 Å². The number of ether oxygens (including phenoxy) is 1. The van der Waals surface area contributed by atoms with Crippen molar-refractivity contribution in [2.75, 3.05) is 6.61 Å². The highest BCUT2D eigenvalue weighted by Crippen LogP contribution is 2.29. The molecule has 6 aromatic rings. The SMILES string of the molecule is Cc1cc(-c2nn(-c3ccccc3)cc2C=c2sc3nc(-c4cccnc4)nn3c2=O)ccc1OCC(C)C. The molecule has 0 bridgehead atoms. The highest BCUT2D eigenvalue weighted by atomic mass is 32.1. The lowest BCUT2D eigenvalue weighted by molar-refractivity contribution is 0.269. The maximum absolute atomic E-state index is 13.3. The molecule has 6 rings (SSSR count). The van der Waals surface area contributed by atoms with Crippen molar-refractivity contribution in [2.45, 2.75) is 20.8 Å². The fourth-order valence-electron chi connectivity index (χ4n) is 4.24. The third-order valence-electron chi connectivity index (χ3n) is 6.17. The Balaban J connectivity index is 1.45. The molecule has 0 amide bonds. The first kappa shape index (κ1) is 24.7. The van der Waals surface area contributed by atoms with Crippen LogP contribution in [0.5, 0.6) is 5.75 Å². The second-order valence-corrected chi connectivity index (χ2v) is 10.7. The minimum absolute atomic E-state index is 0.218. The summed E-state index contributed by atoms with van der Waals surface area (Å²) in [7, 11) is 0. The van der Waals surface area contributed by atoms with Crippen LogP contribution in [0.3, 0.4) is 0 Å². The lowest BCUT2D eigenvalue weighted by Crippen LogP contribution is -2.23. The van der Waals surface area contributed by atoms with Gasteiger partial charge in [-0.05, 0) is 66.9 Å². The molecule has 4 heterocycles. The van der Waals surface area contributed by atoms with Crippen molar-refractivity contribution in [2.24, 2.45) is 5.92 Å². The van der Waals surface area contributed by atoms with Gasteiger partial charge in [0.1, 0.15) is 11.4 Å². The number of nitrogens with zero attached hydrogens (tertiary/aromatic N) is 6. The van der Waals surface area contributed by atoms with Gasteiger partial charge in [0, 0.05) is 35.3 Å². The van der Waals surface area contributed by atoms with E-state index >= 15 is 0 Å². The fourth-order valence-corrected chi connectivity index (χ4v) is 5.14. The standard InChI is InChI=1S/C30H26N6O2S/c1-19(2)18-38-25-12-11-21(14-20(25)3)27-23(17-35(33-27)24-9-5-4-6-10-24)15-26-29(37)36-30(39-26)32-28(34-36)22-8-7-13-31-16-22/h4-17,19H,18H2,1-3H3. The van der Waals surface area contributed by atoms with E-state index in [0.29, 0.717) is 27.8 Å². The molecule has 0 saturated carbocycles. The number of para-hydroxylation sites is 1. The topological polar surface area (TPSA) is 87.2 Å². The van der Waals surface area contributed by atoms with Crippen LogP contribution in [0.25, 0.3) is 39.4 Å². The third-order valence-corrected chi connectivity index (χ3v) is 7.13. The second-order valence-electron chi connectivity index (χ2n) is 9.69. The summed E-state index contributed by atoms with van der Waals surface area (Å²) in [4.78, 5) is 22.5. The molecule has 2 aromatic carbocycles. The Morgan fingerprint density at radius 1 is 1.03 bits per heavy atom. The minimum Gasteiger partial charge on any atom is -0.493 e. The molecule has 0 aliphatic carbocycles. The Kier molecular flexibility index (Phi) is 6.50. The molecule has 0 aliphatic rings. The van der Waals surface area contributed by atoms with Crippen molar-refractivity contribution in [1.29, 1.82) is 0 Å². The zero-order chi connectivity index (χ0) is 26.9. The first-order valence-corrected chi connectivity index (χ1v) is 13.5. The summed E-state index contributed by atoms with van der Waals surface area (Å²) in [6.07, 6.45) is 7.18. The summed E-state index contributed by atoms with van der Waals surface area (Å²) in [6, 6.07) is 19.7. The van der Waals surface area contributed by atoms with Crippen LogP contribution >= 0.6 is 11.3 Å². The van der Waals surface area contributed by atoms with E-state index < -0.39 is 0 Å². The number of hydrogen-bond acceptors (Lipinski definition) is 7. The molecule has 0 fully saturated rings. The van der Waals surface area contributed by atoms with E-state index in [9.17, 15) is 4.79 Å². The fraction of sp³-hybridized carbons (Fsp3) is 0.167. The zero-order valence-corrected chi connectivity index (χ0v) is 22.6. The molecule has 0 aliphatic heterocycles. The van der Waals surface area contributed by atoms with Crippen LogP contribution < -0.4 is 14.8 Å². The van der Waals surface area contributed by atoms with E-state index in [1.807, 2.05) is 78.5 Å². The molecule has 0 unspecified atom stereocenters. The van der Waals surface area contributed by atoms with Gasteiger partial charge < -0.3 is 4.74 Å². The van der Waals surface area contributed by atoms with Crippen molar-refractivity contribution in [1.82, 2.24) is 29.4 Å². The number of fused-ring (bicyclic) bond motifs is 1. The number of rotatable bonds is 7. The van der Waals surface area contributed by atoms with Crippen molar-refractivity contribution in [3.05, 3.63) is 105 Å². The van der Waals surface area contributed by atoms with Crippen LogP contribution in [0.2, 0.25) is 0 Å². The summed E-state index contributed by atoms with van der Waals surface area (Å²) in [6.45, 7) is 6.95. The third kappa shape index (κ3) is 4.96. The van der Waals surface area contributed by atoms with Gasteiger partial charge in [-0.25, -0.2) is 4.68 Å². The van der Waals surface area contributed by atoms with Gasteiger partial charge in [0.05, 0.1) is 16.8 Å². The smallest absolute Gasteiger partial charge is 0.291 e. The molecule has 0 radical (unpaired) electrons. The highest BCUT2D eigenvalue weighted by molar-refractivity contribution is 7.15.